The number of hydrogen-bond acceptors (Lipinski definition) is 3. The maximum Gasteiger partial charge on any atom is 0.302 e. The van der Waals surface area contributed by atoms with Gasteiger partial charge in [0, 0.05) is 12.3 Å². The van der Waals surface area contributed by atoms with Crippen molar-refractivity contribution in [2.45, 2.75) is 86.2 Å². The van der Waals surface area contributed by atoms with Gasteiger partial charge < -0.3 is 4.74 Å². The highest BCUT2D eigenvalue weighted by molar-refractivity contribution is 6.01. The molecule has 32 heavy (non-hydrogen) atoms. The first kappa shape index (κ1) is 23.5. The van der Waals surface area contributed by atoms with Gasteiger partial charge >= 0.3 is 5.97 Å². The Kier molecular flexibility index (Phi) is 6.33. The first-order valence-electron chi connectivity index (χ1n) is 12.9. The van der Waals surface area contributed by atoms with Gasteiger partial charge in [0.15, 0.2) is 5.78 Å². The van der Waals surface area contributed by atoms with Crippen LogP contribution in [0.5, 0.6) is 0 Å². The van der Waals surface area contributed by atoms with Crippen LogP contribution in [0, 0.1) is 46.3 Å². The van der Waals surface area contributed by atoms with E-state index in [4.69, 9.17) is 4.74 Å². The lowest BCUT2D eigenvalue weighted by Gasteiger charge is -2.55. The monoisotopic (exact) mass is 438 g/mol. The molecule has 0 saturated heterocycles. The Hall–Kier alpha value is -1.64. The second-order valence-electron chi connectivity index (χ2n) is 11.9. The molecule has 0 N–H and O–H groups in total. The van der Waals surface area contributed by atoms with Crippen LogP contribution >= 0.6 is 0 Å². The van der Waals surface area contributed by atoms with Crippen molar-refractivity contribution in [2.24, 2.45) is 46.3 Å². The van der Waals surface area contributed by atoms with Gasteiger partial charge in [0.25, 0.3) is 0 Å². The summed E-state index contributed by atoms with van der Waals surface area (Å²) in [6.07, 6.45) is 17.8. The number of rotatable bonds is 6. The average Bonchev–Trinajstić information content (AvgIpc) is 3.08. The van der Waals surface area contributed by atoms with E-state index >= 15 is 0 Å². The summed E-state index contributed by atoms with van der Waals surface area (Å²) >= 11 is 0. The number of esters is 1. The SMILES string of the molecule is CC(=O)OC(CC[C@@H](C)[C@H]1CC[C@H]2[C@@H]3C=CC4=CC(=O)C=C[C@]4(C)[C@H]3CC[C@]12C)C(C)C. The van der Waals surface area contributed by atoms with Crippen LogP contribution in [0.25, 0.3) is 0 Å². The van der Waals surface area contributed by atoms with E-state index in [-0.39, 0.29) is 23.3 Å². The largest absolute Gasteiger partial charge is 0.462 e. The molecular formula is C29H42O3. The van der Waals surface area contributed by atoms with Crippen LogP contribution in [0.4, 0.5) is 0 Å². The number of allylic oxidation sites excluding steroid dienone is 6. The van der Waals surface area contributed by atoms with Gasteiger partial charge in [-0.05, 0) is 97.2 Å². The van der Waals surface area contributed by atoms with Gasteiger partial charge in [0.05, 0.1) is 0 Å². The van der Waals surface area contributed by atoms with Crippen molar-refractivity contribution in [2.75, 3.05) is 0 Å². The zero-order valence-corrected chi connectivity index (χ0v) is 20.9. The minimum atomic E-state index is -0.160. The van der Waals surface area contributed by atoms with Crippen molar-refractivity contribution in [3.05, 3.63) is 36.0 Å². The number of hydrogen-bond donors (Lipinski definition) is 0. The third-order valence-corrected chi connectivity index (χ3v) is 9.84. The summed E-state index contributed by atoms with van der Waals surface area (Å²) in [5, 5.41) is 0. The molecular weight excluding hydrogens is 396 g/mol. The number of carbonyl (C=O) groups is 2. The van der Waals surface area contributed by atoms with Crippen LogP contribution in [0.3, 0.4) is 0 Å². The number of ether oxygens (including phenoxy) is 1. The summed E-state index contributed by atoms with van der Waals surface area (Å²) in [6.45, 7) is 13.2. The van der Waals surface area contributed by atoms with Gasteiger partial charge in [-0.15, -0.1) is 0 Å². The van der Waals surface area contributed by atoms with E-state index in [2.05, 4.69) is 52.8 Å². The second-order valence-corrected chi connectivity index (χ2v) is 11.9. The smallest absolute Gasteiger partial charge is 0.302 e. The van der Waals surface area contributed by atoms with Crippen molar-refractivity contribution in [1.29, 1.82) is 0 Å². The third-order valence-electron chi connectivity index (χ3n) is 9.84. The Morgan fingerprint density at radius 3 is 2.53 bits per heavy atom. The lowest BCUT2D eigenvalue weighted by molar-refractivity contribution is -0.149. The molecule has 1 unspecified atom stereocenters. The molecule has 0 radical (unpaired) electrons. The van der Waals surface area contributed by atoms with E-state index in [0.29, 0.717) is 29.1 Å². The topological polar surface area (TPSA) is 43.4 Å². The average molecular weight is 439 g/mol. The van der Waals surface area contributed by atoms with Gasteiger partial charge in [-0.2, -0.15) is 0 Å². The van der Waals surface area contributed by atoms with Gasteiger partial charge in [-0.1, -0.05) is 52.8 Å². The molecule has 0 aromatic heterocycles. The molecule has 2 fully saturated rings. The Bertz CT molecular complexity index is 848. The fourth-order valence-electron chi connectivity index (χ4n) is 8.00. The molecule has 4 rings (SSSR count). The van der Waals surface area contributed by atoms with Crippen molar-refractivity contribution in [3.8, 4) is 0 Å². The highest BCUT2D eigenvalue weighted by Gasteiger charge is 2.58. The van der Waals surface area contributed by atoms with Gasteiger partial charge in [0.2, 0.25) is 0 Å². The molecule has 0 amide bonds. The Morgan fingerprint density at radius 2 is 1.84 bits per heavy atom. The summed E-state index contributed by atoms with van der Waals surface area (Å²) in [6, 6.07) is 0. The first-order chi connectivity index (χ1) is 15.1. The van der Waals surface area contributed by atoms with E-state index < -0.39 is 0 Å². The maximum absolute atomic E-state index is 12.0. The van der Waals surface area contributed by atoms with E-state index in [9.17, 15) is 9.59 Å². The minimum Gasteiger partial charge on any atom is -0.462 e. The molecule has 2 saturated carbocycles. The Labute approximate surface area is 194 Å². The minimum absolute atomic E-state index is 0.00682. The second kappa shape index (κ2) is 8.61. The highest BCUT2D eigenvalue weighted by Crippen LogP contribution is 2.65. The quantitative estimate of drug-likeness (QED) is 0.434. The molecule has 4 aliphatic rings. The van der Waals surface area contributed by atoms with E-state index in [0.717, 1.165) is 24.7 Å². The Morgan fingerprint density at radius 1 is 1.09 bits per heavy atom. The molecule has 0 aromatic carbocycles. The highest BCUT2D eigenvalue weighted by atomic mass is 16.5. The van der Waals surface area contributed by atoms with Crippen molar-refractivity contribution >= 4 is 11.8 Å². The predicted octanol–water partition coefficient (Wildman–Crippen LogP) is 6.69. The molecule has 176 valence electrons. The summed E-state index contributed by atoms with van der Waals surface area (Å²) in [7, 11) is 0. The zero-order chi connectivity index (χ0) is 23.3. The summed E-state index contributed by atoms with van der Waals surface area (Å²) < 4.78 is 5.61. The van der Waals surface area contributed by atoms with E-state index in [1.165, 1.54) is 38.2 Å². The van der Waals surface area contributed by atoms with E-state index in [1.807, 2.05) is 6.08 Å². The standard InChI is InChI=1S/C29H42O3/c1-18(2)27(32-20(4)30)12-7-19(3)24-10-11-25-23-9-8-21-17-22(31)13-15-28(21,5)26(23)14-16-29(24,25)6/h8-9,13,15,17-19,23-27H,7,10-12,14,16H2,1-6H3/t19-,23+,24-,25+,26+,27?,28+,29-/m1/s1. The normalized spacial score (nSPS) is 39.7. The van der Waals surface area contributed by atoms with Crippen LogP contribution in [0.1, 0.15) is 80.1 Å². The molecule has 8 atom stereocenters. The number of ketones is 1. The number of carbonyl (C=O) groups excluding carboxylic acids is 2. The van der Waals surface area contributed by atoms with Gasteiger partial charge in [-0.3, -0.25) is 9.59 Å². The van der Waals surface area contributed by atoms with E-state index in [1.54, 1.807) is 6.08 Å². The fraction of sp³-hybridized carbons (Fsp3) is 0.724. The molecule has 0 heterocycles. The summed E-state index contributed by atoms with van der Waals surface area (Å²) in [5.41, 5.74) is 1.60. The van der Waals surface area contributed by atoms with Crippen LogP contribution in [0.15, 0.2) is 36.0 Å². The molecule has 0 spiro atoms. The molecule has 4 aliphatic carbocycles. The summed E-state index contributed by atoms with van der Waals surface area (Å²) in [4.78, 5) is 23.5. The van der Waals surface area contributed by atoms with Gasteiger partial charge in [-0.25, -0.2) is 0 Å². The van der Waals surface area contributed by atoms with Crippen LogP contribution < -0.4 is 0 Å². The van der Waals surface area contributed by atoms with Crippen LogP contribution in [-0.2, 0) is 14.3 Å². The predicted molar refractivity (Wildman–Crippen MR) is 129 cm³/mol. The molecule has 0 aliphatic heterocycles. The third kappa shape index (κ3) is 3.94. The van der Waals surface area contributed by atoms with Crippen LogP contribution in [0.2, 0.25) is 0 Å². The lowest BCUT2D eigenvalue weighted by Crippen LogP contribution is -2.48. The molecule has 3 heteroatoms. The maximum atomic E-state index is 12.0. The van der Waals surface area contributed by atoms with Crippen molar-refractivity contribution in [3.63, 3.8) is 0 Å². The van der Waals surface area contributed by atoms with Crippen molar-refractivity contribution < 1.29 is 14.3 Å². The first-order valence-corrected chi connectivity index (χ1v) is 12.9. The van der Waals surface area contributed by atoms with Gasteiger partial charge in [0.1, 0.15) is 6.10 Å². The Balaban J connectivity index is 1.49. The lowest BCUT2D eigenvalue weighted by atomic mass is 9.49. The zero-order valence-electron chi connectivity index (χ0n) is 20.9. The molecule has 3 nitrogen and oxygen atoms in total. The molecule has 0 bridgehead atoms. The molecule has 0 aromatic rings. The van der Waals surface area contributed by atoms with Crippen molar-refractivity contribution in [1.82, 2.24) is 0 Å². The van der Waals surface area contributed by atoms with Crippen LogP contribution in [-0.4, -0.2) is 17.9 Å². The summed E-state index contributed by atoms with van der Waals surface area (Å²) in [5.74, 6) is 3.64. The fourth-order valence-corrected chi connectivity index (χ4v) is 8.00. The number of fused-ring (bicyclic) bond motifs is 5.